The Morgan fingerprint density at radius 3 is 1.32 bits per heavy atom. The summed E-state index contributed by atoms with van der Waals surface area (Å²) in [5.41, 5.74) is 11.0. The molecule has 2 aromatic carbocycles. The van der Waals surface area contributed by atoms with Crippen LogP contribution in [0.1, 0.15) is 87.8 Å². The Morgan fingerprint density at radius 1 is 0.625 bits per heavy atom. The normalized spacial score (nSPS) is 14.2. The Morgan fingerprint density at radius 2 is 1.02 bits per heavy atom. The van der Waals surface area contributed by atoms with Crippen LogP contribution < -0.4 is 0 Å². The lowest BCUT2D eigenvalue weighted by atomic mass is 9.92. The number of aromatic nitrogens is 2. The van der Waals surface area contributed by atoms with Crippen LogP contribution in [0.5, 0.6) is 0 Å². The van der Waals surface area contributed by atoms with Crippen molar-refractivity contribution < 1.29 is 19.1 Å². The minimum atomic E-state index is -0.495. The number of nitrogens with zero attached hydrogens (tertiary/aromatic N) is 6. The monoisotopic (exact) mass is 750 g/mol. The van der Waals surface area contributed by atoms with Crippen molar-refractivity contribution in [1.29, 1.82) is 10.5 Å². The average molecular weight is 751 g/mol. The molecule has 0 unspecified atom stereocenters. The highest BCUT2D eigenvalue weighted by Crippen LogP contribution is 2.34. The van der Waals surface area contributed by atoms with Gasteiger partial charge in [0, 0.05) is 62.1 Å². The zero-order valence-electron chi connectivity index (χ0n) is 33.6. The van der Waals surface area contributed by atoms with Crippen LogP contribution in [0.4, 0.5) is 9.59 Å². The molecule has 0 N–H and O–H groups in total. The first-order valence-electron chi connectivity index (χ1n) is 18.8. The quantitative estimate of drug-likeness (QED) is 0.201. The van der Waals surface area contributed by atoms with E-state index in [1.165, 1.54) is 11.1 Å². The lowest BCUT2D eigenvalue weighted by molar-refractivity contribution is 0.0260. The van der Waals surface area contributed by atoms with Crippen molar-refractivity contribution in [2.24, 2.45) is 0 Å². The molecule has 288 valence electrons. The zero-order valence-corrected chi connectivity index (χ0v) is 33.6. The number of rotatable bonds is 4. The van der Waals surface area contributed by atoms with E-state index in [-0.39, 0.29) is 12.2 Å². The Bertz CT molecular complexity index is 2090. The van der Waals surface area contributed by atoms with E-state index >= 15 is 0 Å². The molecule has 0 bridgehead atoms. The summed E-state index contributed by atoms with van der Waals surface area (Å²) in [6.07, 6.45) is 12.4. The summed E-state index contributed by atoms with van der Waals surface area (Å²) in [6, 6.07) is 20.1. The molecule has 4 aromatic rings. The number of aryl methyl sites for hydroxylation is 2. The van der Waals surface area contributed by atoms with Gasteiger partial charge in [-0.1, -0.05) is 36.4 Å². The smallest absolute Gasteiger partial charge is 0.410 e. The second kappa shape index (κ2) is 17.5. The van der Waals surface area contributed by atoms with E-state index in [0.29, 0.717) is 37.3 Å². The molecule has 2 amide bonds. The van der Waals surface area contributed by atoms with Gasteiger partial charge in [0.1, 0.15) is 11.2 Å². The van der Waals surface area contributed by atoms with Gasteiger partial charge in [0.15, 0.2) is 0 Å². The number of hydrogen-bond donors (Lipinski definition) is 0. The van der Waals surface area contributed by atoms with Gasteiger partial charge in [-0.05, 0) is 137 Å². The van der Waals surface area contributed by atoms with Gasteiger partial charge in [-0.15, -0.1) is 0 Å². The van der Waals surface area contributed by atoms with Gasteiger partial charge < -0.3 is 19.3 Å². The summed E-state index contributed by atoms with van der Waals surface area (Å²) in [5.74, 6) is 0. The molecule has 0 spiro atoms. The molecule has 0 aliphatic carbocycles. The molecule has 2 aromatic heterocycles. The highest BCUT2D eigenvalue weighted by Gasteiger charge is 2.26. The summed E-state index contributed by atoms with van der Waals surface area (Å²) in [4.78, 5) is 36.6. The standard InChI is InChI=1S/2C23H25N3O2/c2*1-16-13-18(5-6-19(16)14-24)20-7-10-25-15-21(20)17-8-11-26(12-9-17)22(27)28-23(2,3)4/h2*5-8,10,13,15H,9,11-12H2,1-4H3. The highest BCUT2D eigenvalue weighted by atomic mass is 16.6. The lowest BCUT2D eigenvalue weighted by Gasteiger charge is -2.30. The first-order valence-corrected chi connectivity index (χ1v) is 18.8. The van der Waals surface area contributed by atoms with E-state index in [0.717, 1.165) is 57.3 Å². The van der Waals surface area contributed by atoms with Crippen LogP contribution in [0.3, 0.4) is 0 Å². The zero-order chi connectivity index (χ0) is 40.6. The number of nitriles is 2. The Hall–Kier alpha value is -6.26. The topological polar surface area (TPSA) is 132 Å². The molecule has 0 saturated carbocycles. The second-order valence-corrected chi connectivity index (χ2v) is 15.9. The van der Waals surface area contributed by atoms with Crippen LogP contribution >= 0.6 is 0 Å². The predicted octanol–water partition coefficient (Wildman–Crippen LogP) is 9.91. The van der Waals surface area contributed by atoms with Gasteiger partial charge in [-0.2, -0.15) is 10.5 Å². The Balaban J connectivity index is 0.000000214. The summed E-state index contributed by atoms with van der Waals surface area (Å²) in [5, 5.41) is 18.3. The predicted molar refractivity (Wildman–Crippen MR) is 219 cm³/mol. The fourth-order valence-corrected chi connectivity index (χ4v) is 6.53. The van der Waals surface area contributed by atoms with Gasteiger partial charge in [0.25, 0.3) is 0 Å². The van der Waals surface area contributed by atoms with Gasteiger partial charge in [-0.25, -0.2) is 9.59 Å². The number of pyridine rings is 2. The minimum Gasteiger partial charge on any atom is -0.444 e. The Kier molecular flexibility index (Phi) is 12.8. The molecule has 0 fully saturated rings. The van der Waals surface area contributed by atoms with E-state index in [1.807, 2.05) is 116 Å². The molecule has 2 aliphatic rings. The van der Waals surface area contributed by atoms with Crippen molar-refractivity contribution in [2.75, 3.05) is 26.2 Å². The van der Waals surface area contributed by atoms with Crippen LogP contribution in [0.15, 0.2) is 85.5 Å². The summed E-state index contributed by atoms with van der Waals surface area (Å²) < 4.78 is 10.9. The highest BCUT2D eigenvalue weighted by molar-refractivity contribution is 5.84. The van der Waals surface area contributed by atoms with E-state index < -0.39 is 11.2 Å². The van der Waals surface area contributed by atoms with Crippen molar-refractivity contribution >= 4 is 23.3 Å². The summed E-state index contributed by atoms with van der Waals surface area (Å²) in [6.45, 7) is 17.4. The average Bonchev–Trinajstić information content (AvgIpc) is 3.17. The molecule has 56 heavy (non-hydrogen) atoms. The third-order valence-electron chi connectivity index (χ3n) is 9.37. The van der Waals surface area contributed by atoms with Crippen LogP contribution in [0.25, 0.3) is 33.4 Å². The molecule has 0 atom stereocenters. The number of carbonyl (C=O) groups is 2. The number of benzene rings is 2. The number of hydrogen-bond acceptors (Lipinski definition) is 8. The molecule has 4 heterocycles. The largest absolute Gasteiger partial charge is 0.444 e. The van der Waals surface area contributed by atoms with Crippen molar-refractivity contribution in [3.63, 3.8) is 0 Å². The SMILES string of the molecule is Cc1cc(-c2ccncc2C2=CCN(C(=O)OC(C)(C)C)CC2)ccc1C#N.Cc1cc(-c2ccncc2C2=CCN(C(=O)OC(C)(C)C)CC2)ccc1C#N. The van der Waals surface area contributed by atoms with Crippen LogP contribution in [-0.2, 0) is 9.47 Å². The van der Waals surface area contributed by atoms with Gasteiger partial charge in [0.2, 0.25) is 0 Å². The number of amides is 2. The molecule has 6 rings (SSSR count). The molecular formula is C46H50N6O4. The third-order valence-corrected chi connectivity index (χ3v) is 9.37. The molecule has 10 heteroatoms. The van der Waals surface area contributed by atoms with E-state index in [9.17, 15) is 9.59 Å². The van der Waals surface area contributed by atoms with Crippen molar-refractivity contribution in [1.82, 2.24) is 19.8 Å². The maximum atomic E-state index is 12.3. The number of ether oxygens (including phenoxy) is 2. The molecule has 10 nitrogen and oxygen atoms in total. The van der Waals surface area contributed by atoms with Crippen LogP contribution in [0, 0.1) is 36.5 Å². The number of carbonyl (C=O) groups excluding carboxylic acids is 2. The van der Waals surface area contributed by atoms with E-state index in [1.54, 1.807) is 22.2 Å². The minimum absolute atomic E-state index is 0.281. The Labute approximate surface area is 330 Å². The van der Waals surface area contributed by atoms with Crippen molar-refractivity contribution in [3.8, 4) is 34.4 Å². The van der Waals surface area contributed by atoms with Crippen molar-refractivity contribution in [3.05, 3.63) is 119 Å². The van der Waals surface area contributed by atoms with Crippen molar-refractivity contribution in [2.45, 2.75) is 79.4 Å². The second-order valence-electron chi connectivity index (χ2n) is 15.9. The van der Waals surface area contributed by atoms with Crippen LogP contribution in [0.2, 0.25) is 0 Å². The molecule has 2 aliphatic heterocycles. The van der Waals surface area contributed by atoms with Gasteiger partial charge in [-0.3, -0.25) is 9.97 Å². The summed E-state index contributed by atoms with van der Waals surface area (Å²) >= 11 is 0. The molecule has 0 saturated heterocycles. The molecule has 0 radical (unpaired) electrons. The van der Waals surface area contributed by atoms with E-state index in [2.05, 4.69) is 34.3 Å². The summed E-state index contributed by atoms with van der Waals surface area (Å²) in [7, 11) is 0. The van der Waals surface area contributed by atoms with Crippen LogP contribution in [-0.4, -0.2) is 69.3 Å². The maximum Gasteiger partial charge on any atom is 0.410 e. The molecular weight excluding hydrogens is 701 g/mol. The first kappa shape index (κ1) is 40.9. The third kappa shape index (κ3) is 10.5. The van der Waals surface area contributed by atoms with Gasteiger partial charge >= 0.3 is 12.2 Å². The first-order chi connectivity index (χ1) is 26.6. The fourth-order valence-electron chi connectivity index (χ4n) is 6.53. The lowest BCUT2D eigenvalue weighted by Crippen LogP contribution is -2.39. The fraction of sp³-hybridized carbons (Fsp3) is 0.348. The van der Waals surface area contributed by atoms with E-state index in [4.69, 9.17) is 20.0 Å². The van der Waals surface area contributed by atoms with Gasteiger partial charge in [0.05, 0.1) is 23.3 Å². The maximum absolute atomic E-state index is 12.3.